The van der Waals surface area contributed by atoms with Crippen molar-refractivity contribution >= 4 is 17.7 Å². The molecule has 0 radical (unpaired) electrons. The van der Waals surface area contributed by atoms with Crippen molar-refractivity contribution in [1.82, 2.24) is 0 Å². The molecule has 242 valence electrons. The van der Waals surface area contributed by atoms with Crippen LogP contribution in [-0.2, 0) is 6.42 Å². The fraction of sp³-hybridized carbons (Fsp3) is 0.158. The number of rotatable bonds is 11. The first-order valence-corrected chi connectivity index (χ1v) is 15.2. The first-order chi connectivity index (χ1) is 22.4. The lowest BCUT2D eigenvalue weighted by atomic mass is 9.96. The van der Waals surface area contributed by atoms with E-state index in [1.807, 2.05) is 24.3 Å². The summed E-state index contributed by atoms with van der Waals surface area (Å²) in [5, 5.41) is -0.303. The van der Waals surface area contributed by atoms with Crippen LogP contribution in [0.1, 0.15) is 37.3 Å². The van der Waals surface area contributed by atoms with Crippen LogP contribution in [0.3, 0.4) is 0 Å². The van der Waals surface area contributed by atoms with Crippen LogP contribution in [0.4, 0.5) is 30.7 Å². The van der Waals surface area contributed by atoms with Gasteiger partial charge >= 0.3 is 6.11 Å². The summed E-state index contributed by atoms with van der Waals surface area (Å²) in [6.07, 6.45) is 0.885. The van der Waals surface area contributed by atoms with Gasteiger partial charge in [-0.3, -0.25) is 0 Å². The van der Waals surface area contributed by atoms with Crippen LogP contribution in [-0.4, -0.2) is 6.11 Å². The van der Waals surface area contributed by atoms with E-state index < -0.39 is 46.5 Å². The molecule has 0 saturated heterocycles. The maximum atomic E-state index is 15.2. The molecule has 1 nitrogen and oxygen atoms in total. The number of unbranched alkanes of at least 4 members (excludes halogenated alkanes) is 2. The molecule has 0 spiro atoms. The summed E-state index contributed by atoms with van der Waals surface area (Å²) in [4.78, 5) is 0. The molecule has 0 saturated carbocycles. The largest absolute Gasteiger partial charge is 0.429 e. The summed E-state index contributed by atoms with van der Waals surface area (Å²) in [5.74, 6) is -5.49. The first kappa shape index (κ1) is 33.8. The van der Waals surface area contributed by atoms with Crippen LogP contribution in [0, 0.1) is 29.1 Å². The molecule has 0 aliphatic heterocycles. The van der Waals surface area contributed by atoms with Gasteiger partial charge in [0.15, 0.2) is 0 Å². The van der Waals surface area contributed by atoms with Crippen molar-refractivity contribution in [2.24, 2.45) is 0 Å². The van der Waals surface area contributed by atoms with Gasteiger partial charge in [-0.2, -0.15) is 8.78 Å². The van der Waals surface area contributed by atoms with Crippen LogP contribution < -0.4 is 4.74 Å². The molecule has 5 aromatic rings. The number of hydrogen-bond donors (Lipinski definition) is 0. The van der Waals surface area contributed by atoms with Gasteiger partial charge in [0.25, 0.3) is 0 Å². The van der Waals surface area contributed by atoms with Crippen LogP contribution in [0.15, 0.2) is 97.1 Å². The Morgan fingerprint density at radius 3 is 1.81 bits per heavy atom. The van der Waals surface area contributed by atoms with Crippen molar-refractivity contribution in [1.29, 1.82) is 0 Å². The molecule has 9 heteroatoms. The van der Waals surface area contributed by atoms with E-state index in [0.29, 0.717) is 17.7 Å². The maximum Gasteiger partial charge on any atom is 0.419 e. The van der Waals surface area contributed by atoms with Gasteiger partial charge in [0.1, 0.15) is 34.8 Å². The second kappa shape index (κ2) is 14.5. The van der Waals surface area contributed by atoms with Gasteiger partial charge in [-0.25, -0.2) is 22.0 Å². The molecule has 0 atom stereocenters. The van der Waals surface area contributed by atoms with E-state index in [2.05, 4.69) is 11.7 Å². The van der Waals surface area contributed by atoms with E-state index in [1.165, 1.54) is 29.8 Å². The minimum atomic E-state index is -4.06. The summed E-state index contributed by atoms with van der Waals surface area (Å²) >= 11 is 5.52. The average Bonchev–Trinajstić information content (AvgIpc) is 3.02. The molecular formula is C38H28ClF7O. The highest BCUT2D eigenvalue weighted by atomic mass is 35.5. The van der Waals surface area contributed by atoms with Crippen LogP contribution in [0.5, 0.6) is 5.75 Å². The summed E-state index contributed by atoms with van der Waals surface area (Å²) < 4.78 is 107. The maximum absolute atomic E-state index is 15.2. The SMILES string of the molecule is CCCCCc1ccc(-c2ccc(-c3ccc(-c4cc(F)c(/C=C/C(F)(F)Oc5ccc(Cl)c(F)c5)c(F)c4)c(F)c3)c(F)c2)cc1. The Morgan fingerprint density at radius 2 is 1.19 bits per heavy atom. The number of benzene rings is 5. The Hall–Kier alpha value is -4.56. The van der Waals surface area contributed by atoms with E-state index in [4.69, 9.17) is 11.6 Å². The topological polar surface area (TPSA) is 9.23 Å². The molecule has 0 fully saturated rings. The number of halogens is 8. The van der Waals surface area contributed by atoms with E-state index in [1.54, 1.807) is 6.07 Å². The lowest BCUT2D eigenvalue weighted by molar-refractivity contribution is -0.131. The van der Waals surface area contributed by atoms with Crippen molar-refractivity contribution in [3.63, 3.8) is 0 Å². The van der Waals surface area contributed by atoms with Crippen molar-refractivity contribution < 1.29 is 35.5 Å². The second-order valence-electron chi connectivity index (χ2n) is 11.0. The van der Waals surface area contributed by atoms with Crippen molar-refractivity contribution in [3.05, 3.63) is 142 Å². The van der Waals surface area contributed by atoms with Gasteiger partial charge in [-0.15, -0.1) is 0 Å². The quantitative estimate of drug-likeness (QED) is 0.101. The Labute approximate surface area is 272 Å². The minimum Gasteiger partial charge on any atom is -0.429 e. The monoisotopic (exact) mass is 668 g/mol. The van der Waals surface area contributed by atoms with Gasteiger partial charge < -0.3 is 4.74 Å². The normalized spacial score (nSPS) is 11.8. The Balaban J connectivity index is 1.32. The molecule has 5 rings (SSSR count). The average molecular weight is 669 g/mol. The molecule has 0 heterocycles. The van der Waals surface area contributed by atoms with Crippen molar-refractivity contribution in [2.45, 2.75) is 38.7 Å². The Morgan fingerprint density at radius 1 is 0.617 bits per heavy atom. The highest BCUT2D eigenvalue weighted by Crippen LogP contribution is 2.34. The van der Waals surface area contributed by atoms with Crippen molar-refractivity contribution in [2.75, 3.05) is 0 Å². The predicted molar refractivity (Wildman–Crippen MR) is 172 cm³/mol. The molecule has 0 aliphatic rings. The lowest BCUT2D eigenvalue weighted by Gasteiger charge is -2.15. The third kappa shape index (κ3) is 8.24. The van der Waals surface area contributed by atoms with Crippen LogP contribution >= 0.6 is 11.6 Å². The van der Waals surface area contributed by atoms with Gasteiger partial charge in [-0.1, -0.05) is 79.9 Å². The Bertz CT molecular complexity index is 1900. The zero-order valence-corrected chi connectivity index (χ0v) is 25.8. The number of aryl methyl sites for hydroxylation is 1. The van der Waals surface area contributed by atoms with Gasteiger partial charge in [0, 0.05) is 28.8 Å². The summed E-state index contributed by atoms with van der Waals surface area (Å²) in [7, 11) is 0. The molecule has 0 aliphatic carbocycles. The summed E-state index contributed by atoms with van der Waals surface area (Å²) in [6, 6.07) is 20.5. The highest BCUT2D eigenvalue weighted by Gasteiger charge is 2.28. The lowest BCUT2D eigenvalue weighted by Crippen LogP contribution is -2.21. The van der Waals surface area contributed by atoms with Gasteiger partial charge in [0.2, 0.25) is 0 Å². The fourth-order valence-electron chi connectivity index (χ4n) is 5.10. The predicted octanol–water partition coefficient (Wildman–Crippen LogP) is 12.5. The summed E-state index contributed by atoms with van der Waals surface area (Å²) in [6.45, 7) is 2.15. The van der Waals surface area contributed by atoms with E-state index in [0.717, 1.165) is 61.6 Å². The Kier molecular flexibility index (Phi) is 10.4. The minimum absolute atomic E-state index is 0.0968. The summed E-state index contributed by atoms with van der Waals surface area (Å²) in [5.41, 5.74) is 1.85. The van der Waals surface area contributed by atoms with Crippen molar-refractivity contribution in [3.8, 4) is 39.1 Å². The number of hydrogen-bond acceptors (Lipinski definition) is 1. The smallest absolute Gasteiger partial charge is 0.419 e. The number of ether oxygens (including phenoxy) is 1. The zero-order valence-electron chi connectivity index (χ0n) is 25.1. The third-order valence-electron chi connectivity index (χ3n) is 7.58. The highest BCUT2D eigenvalue weighted by molar-refractivity contribution is 6.30. The zero-order chi connectivity index (χ0) is 33.7. The molecule has 5 aromatic carbocycles. The molecule has 0 bridgehead atoms. The third-order valence-corrected chi connectivity index (χ3v) is 7.89. The van der Waals surface area contributed by atoms with Crippen LogP contribution in [0.2, 0.25) is 5.02 Å². The van der Waals surface area contributed by atoms with E-state index in [-0.39, 0.29) is 33.4 Å². The van der Waals surface area contributed by atoms with E-state index >= 15 is 8.78 Å². The number of alkyl halides is 2. The van der Waals surface area contributed by atoms with Crippen LogP contribution in [0.25, 0.3) is 39.5 Å². The molecule has 0 amide bonds. The van der Waals surface area contributed by atoms with E-state index in [9.17, 15) is 22.0 Å². The standard InChI is InChI=1S/C38H28ClF7O/c1-2-3-4-5-23-6-8-24(9-7-23)25-10-13-29(33(40)18-25)26-11-14-30(34(41)19-26)27-20-35(42)31(36(43)21-27)16-17-38(45,46)47-28-12-15-32(39)37(44)22-28/h6-22H,2-5H2,1H3/b17-16+. The molecule has 0 unspecified atom stereocenters. The van der Waals surface area contributed by atoms with Gasteiger partial charge in [0.05, 0.1) is 5.02 Å². The first-order valence-electron chi connectivity index (χ1n) is 14.8. The second-order valence-corrected chi connectivity index (χ2v) is 11.4. The molecule has 0 aromatic heterocycles. The molecular weight excluding hydrogens is 641 g/mol. The molecule has 47 heavy (non-hydrogen) atoms. The molecule has 0 N–H and O–H groups in total. The van der Waals surface area contributed by atoms with Gasteiger partial charge in [-0.05, 0) is 83.1 Å². The fourth-order valence-corrected chi connectivity index (χ4v) is 5.22.